The van der Waals surface area contributed by atoms with E-state index in [0.29, 0.717) is 49.4 Å². The minimum atomic E-state index is -0.330. The molecule has 0 saturated heterocycles. The molecule has 0 unspecified atom stereocenters. The van der Waals surface area contributed by atoms with Crippen molar-refractivity contribution in [2.75, 3.05) is 27.3 Å². The van der Waals surface area contributed by atoms with Crippen molar-refractivity contribution in [3.8, 4) is 11.5 Å². The zero-order valence-corrected chi connectivity index (χ0v) is 19.3. The van der Waals surface area contributed by atoms with Gasteiger partial charge >= 0.3 is 0 Å². The molecule has 1 aliphatic heterocycles. The highest BCUT2D eigenvalue weighted by molar-refractivity contribution is 7.08. The fourth-order valence-electron chi connectivity index (χ4n) is 3.94. The number of hydrogen-bond donors (Lipinski definition) is 1. The van der Waals surface area contributed by atoms with E-state index in [2.05, 4.69) is 5.32 Å². The molecule has 0 fully saturated rings. The van der Waals surface area contributed by atoms with Gasteiger partial charge in [0.15, 0.2) is 0 Å². The van der Waals surface area contributed by atoms with Crippen LogP contribution in [0.2, 0.25) is 0 Å². The molecule has 0 atom stereocenters. The Kier molecular flexibility index (Phi) is 6.79. The van der Waals surface area contributed by atoms with E-state index >= 15 is 0 Å². The third-order valence-electron chi connectivity index (χ3n) is 5.71. The first-order chi connectivity index (χ1) is 16.0. The van der Waals surface area contributed by atoms with E-state index in [4.69, 9.17) is 9.47 Å². The number of fused-ring (bicyclic) bond motifs is 1. The number of aromatic nitrogens is 1. The van der Waals surface area contributed by atoms with Gasteiger partial charge in [-0.15, -0.1) is 0 Å². The maximum Gasteiger partial charge on any atom is 0.257 e. The molecule has 9 heteroatoms. The van der Waals surface area contributed by atoms with Gasteiger partial charge in [0, 0.05) is 49.7 Å². The van der Waals surface area contributed by atoms with Crippen molar-refractivity contribution in [1.82, 2.24) is 14.8 Å². The number of nitrogens with zero attached hydrogens (tertiary/aromatic N) is 2. The van der Waals surface area contributed by atoms with Crippen LogP contribution in [0.4, 0.5) is 0 Å². The van der Waals surface area contributed by atoms with Crippen molar-refractivity contribution < 1.29 is 19.1 Å². The lowest BCUT2D eigenvalue weighted by Gasteiger charge is -2.19. The van der Waals surface area contributed by atoms with Crippen LogP contribution in [0.15, 0.2) is 52.0 Å². The van der Waals surface area contributed by atoms with Gasteiger partial charge in [0.2, 0.25) is 0 Å². The summed E-state index contributed by atoms with van der Waals surface area (Å²) < 4.78 is 12.1. The minimum absolute atomic E-state index is 0.0745. The van der Waals surface area contributed by atoms with E-state index in [1.165, 1.54) is 24.5 Å². The van der Waals surface area contributed by atoms with Crippen molar-refractivity contribution in [3.63, 3.8) is 0 Å². The molecule has 33 heavy (non-hydrogen) atoms. The van der Waals surface area contributed by atoms with Crippen molar-refractivity contribution in [2.24, 2.45) is 0 Å². The Morgan fingerprint density at radius 3 is 2.52 bits per heavy atom. The monoisotopic (exact) mass is 467 g/mol. The van der Waals surface area contributed by atoms with E-state index in [1.54, 1.807) is 22.6 Å². The second kappa shape index (κ2) is 9.91. The average molecular weight is 468 g/mol. The Hall–Kier alpha value is -3.59. The predicted molar refractivity (Wildman–Crippen MR) is 125 cm³/mol. The van der Waals surface area contributed by atoms with Gasteiger partial charge < -0.3 is 24.3 Å². The first-order valence-corrected chi connectivity index (χ1v) is 11.5. The zero-order valence-electron chi connectivity index (χ0n) is 18.5. The van der Waals surface area contributed by atoms with Gasteiger partial charge in [0.1, 0.15) is 17.1 Å². The number of methoxy groups -OCH3 is 2. The fourth-order valence-corrected chi connectivity index (χ4v) is 4.57. The number of hydrogen-bond acceptors (Lipinski definition) is 6. The van der Waals surface area contributed by atoms with Gasteiger partial charge in [0.25, 0.3) is 17.4 Å². The summed E-state index contributed by atoms with van der Waals surface area (Å²) in [5.41, 5.74) is 2.20. The third kappa shape index (κ3) is 4.78. The zero-order chi connectivity index (χ0) is 23.4. The summed E-state index contributed by atoms with van der Waals surface area (Å²) in [6.45, 7) is 1.42. The number of benzene rings is 1. The van der Waals surface area contributed by atoms with Gasteiger partial charge in [-0.1, -0.05) is 12.1 Å². The Morgan fingerprint density at radius 1 is 1.06 bits per heavy atom. The van der Waals surface area contributed by atoms with Crippen molar-refractivity contribution in [2.45, 2.75) is 19.5 Å². The van der Waals surface area contributed by atoms with Crippen molar-refractivity contribution >= 4 is 23.2 Å². The highest BCUT2D eigenvalue weighted by Crippen LogP contribution is 2.24. The SMILES string of the molecule is COc1ccc(CNC(=O)c2c(OC)cc(=O)n3c2CCN(C(=O)c2ccsc2)CC3)cc1. The van der Waals surface area contributed by atoms with Crippen LogP contribution in [-0.4, -0.2) is 48.6 Å². The summed E-state index contributed by atoms with van der Waals surface area (Å²) in [4.78, 5) is 40.5. The normalized spacial score (nSPS) is 13.1. The van der Waals surface area contributed by atoms with Crippen LogP contribution in [0.3, 0.4) is 0 Å². The molecular weight excluding hydrogens is 442 g/mol. The Balaban J connectivity index is 1.58. The van der Waals surface area contributed by atoms with Crippen molar-refractivity contribution in [1.29, 1.82) is 0 Å². The van der Waals surface area contributed by atoms with E-state index in [-0.39, 0.29) is 23.1 Å². The molecule has 4 rings (SSSR count). The molecule has 3 aromatic rings. The van der Waals surface area contributed by atoms with Gasteiger partial charge in [-0.05, 0) is 29.1 Å². The molecule has 3 heterocycles. The van der Waals surface area contributed by atoms with Crippen LogP contribution in [-0.2, 0) is 19.5 Å². The summed E-state index contributed by atoms with van der Waals surface area (Å²) >= 11 is 1.46. The Bertz CT molecular complexity index is 1200. The van der Waals surface area contributed by atoms with E-state index in [9.17, 15) is 14.4 Å². The number of rotatable bonds is 6. The molecular formula is C24H25N3O5S. The van der Waals surface area contributed by atoms with Crippen LogP contribution in [0.5, 0.6) is 11.5 Å². The van der Waals surface area contributed by atoms with Crippen LogP contribution in [0.1, 0.15) is 32.0 Å². The molecule has 172 valence electrons. The van der Waals surface area contributed by atoms with Crippen LogP contribution >= 0.6 is 11.3 Å². The molecule has 0 bridgehead atoms. The highest BCUT2D eigenvalue weighted by Gasteiger charge is 2.27. The van der Waals surface area contributed by atoms with Gasteiger partial charge in [-0.25, -0.2) is 0 Å². The lowest BCUT2D eigenvalue weighted by molar-refractivity contribution is 0.0759. The second-order valence-corrected chi connectivity index (χ2v) is 8.39. The first kappa shape index (κ1) is 22.6. The Labute approximate surface area is 195 Å². The molecule has 0 saturated carbocycles. The van der Waals surface area contributed by atoms with Gasteiger partial charge in [-0.2, -0.15) is 11.3 Å². The number of pyridine rings is 1. The lowest BCUT2D eigenvalue weighted by Crippen LogP contribution is -2.34. The summed E-state index contributed by atoms with van der Waals surface area (Å²) in [6.07, 6.45) is 0.369. The maximum absolute atomic E-state index is 13.2. The predicted octanol–water partition coefficient (Wildman–Crippen LogP) is 2.56. The second-order valence-electron chi connectivity index (χ2n) is 7.61. The van der Waals surface area contributed by atoms with E-state index in [0.717, 1.165) is 11.3 Å². The number of carbonyl (C=O) groups is 2. The molecule has 8 nitrogen and oxygen atoms in total. The summed E-state index contributed by atoms with van der Waals surface area (Å²) in [6, 6.07) is 10.5. The largest absolute Gasteiger partial charge is 0.497 e. The van der Waals surface area contributed by atoms with Crippen LogP contribution in [0.25, 0.3) is 0 Å². The molecule has 2 aromatic heterocycles. The van der Waals surface area contributed by atoms with Crippen LogP contribution in [0, 0.1) is 0 Å². The average Bonchev–Trinajstić information content (AvgIpc) is 3.29. The molecule has 0 spiro atoms. The number of carbonyl (C=O) groups excluding carboxylic acids is 2. The highest BCUT2D eigenvalue weighted by atomic mass is 32.1. The van der Waals surface area contributed by atoms with Crippen LogP contribution < -0.4 is 20.3 Å². The van der Waals surface area contributed by atoms with E-state index in [1.807, 2.05) is 35.0 Å². The number of ether oxygens (including phenoxy) is 2. The van der Waals surface area contributed by atoms with Gasteiger partial charge in [-0.3, -0.25) is 14.4 Å². The van der Waals surface area contributed by atoms with E-state index < -0.39 is 0 Å². The summed E-state index contributed by atoms with van der Waals surface area (Å²) in [5.74, 6) is 0.566. The topological polar surface area (TPSA) is 89.9 Å². The quantitative estimate of drug-likeness (QED) is 0.602. The van der Waals surface area contributed by atoms with Crippen molar-refractivity contribution in [3.05, 3.63) is 79.9 Å². The minimum Gasteiger partial charge on any atom is -0.497 e. The molecule has 2 amide bonds. The first-order valence-electron chi connectivity index (χ1n) is 10.5. The smallest absolute Gasteiger partial charge is 0.257 e. The number of nitrogens with one attached hydrogen (secondary N) is 1. The summed E-state index contributed by atoms with van der Waals surface area (Å²) in [7, 11) is 3.04. The maximum atomic E-state index is 13.2. The number of thiophene rings is 1. The molecule has 1 aromatic carbocycles. The fraction of sp³-hybridized carbons (Fsp3) is 0.292. The summed E-state index contributed by atoms with van der Waals surface area (Å²) in [5, 5.41) is 6.59. The standard InChI is InChI=1S/C24H25N3O5S/c1-31-18-5-3-16(4-6-18)14-25-23(29)22-19-7-9-26(24(30)17-8-12-33-15-17)10-11-27(19)21(28)13-20(22)32-2/h3-6,8,12-13,15H,7,9-11,14H2,1-2H3,(H,25,29). The third-order valence-corrected chi connectivity index (χ3v) is 6.39. The van der Waals surface area contributed by atoms with Gasteiger partial charge in [0.05, 0.1) is 19.8 Å². The molecule has 0 radical (unpaired) electrons. The number of amides is 2. The molecule has 1 N–H and O–H groups in total. The Morgan fingerprint density at radius 2 is 1.85 bits per heavy atom. The lowest BCUT2D eigenvalue weighted by atomic mass is 10.1. The molecule has 1 aliphatic rings. The molecule has 0 aliphatic carbocycles.